The first-order valence-electron chi connectivity index (χ1n) is 12.5. The van der Waals surface area contributed by atoms with E-state index < -0.39 is 22.0 Å². The fourth-order valence-corrected chi connectivity index (χ4v) is 5.30. The minimum absolute atomic E-state index is 0.0533. The summed E-state index contributed by atoms with van der Waals surface area (Å²) in [6.45, 7) is 3.71. The highest BCUT2D eigenvalue weighted by Gasteiger charge is 2.24. The average Bonchev–Trinajstić information content (AvgIpc) is 2.92. The van der Waals surface area contributed by atoms with Crippen molar-refractivity contribution in [3.63, 3.8) is 0 Å². The largest absolute Gasteiger partial charge is 0.482 e. The minimum Gasteiger partial charge on any atom is -0.482 e. The summed E-state index contributed by atoms with van der Waals surface area (Å²) in [5.41, 5.74) is 1.83. The molecule has 2 aromatic carbocycles. The summed E-state index contributed by atoms with van der Waals surface area (Å²) >= 11 is 6.00. The van der Waals surface area contributed by atoms with Crippen molar-refractivity contribution in [1.29, 1.82) is 0 Å². The van der Waals surface area contributed by atoms with E-state index in [4.69, 9.17) is 25.8 Å². The Labute approximate surface area is 233 Å². The van der Waals surface area contributed by atoms with Crippen LogP contribution in [0.2, 0.25) is 5.02 Å². The Morgan fingerprint density at radius 1 is 1.03 bits per heavy atom. The highest BCUT2D eigenvalue weighted by Crippen LogP contribution is 2.26. The van der Waals surface area contributed by atoms with Gasteiger partial charge in [-0.25, -0.2) is 22.7 Å². The highest BCUT2D eigenvalue weighted by molar-refractivity contribution is 7.89. The first-order valence-corrected chi connectivity index (χ1v) is 14.3. The fourth-order valence-electron chi connectivity index (χ4n) is 3.91. The van der Waals surface area contributed by atoms with Crippen molar-refractivity contribution in [3.05, 3.63) is 88.7 Å². The summed E-state index contributed by atoms with van der Waals surface area (Å²) in [5, 5.41) is 0.228. The van der Waals surface area contributed by atoms with Crippen molar-refractivity contribution < 1.29 is 32.2 Å². The third-order valence-electron chi connectivity index (χ3n) is 5.73. The summed E-state index contributed by atoms with van der Waals surface area (Å²) in [6, 6.07) is 15.1. The number of sulfonamides is 1. The van der Waals surface area contributed by atoms with E-state index in [2.05, 4.69) is 9.71 Å². The Hall–Kier alpha value is -3.47. The summed E-state index contributed by atoms with van der Waals surface area (Å²) in [6.07, 6.45) is 4.51. The first-order chi connectivity index (χ1) is 18.7. The van der Waals surface area contributed by atoms with Crippen molar-refractivity contribution >= 4 is 33.6 Å². The number of nitrogens with one attached hydrogen (secondary N) is 1. The number of hydrogen-bond donors (Lipinski definition) is 1. The van der Waals surface area contributed by atoms with E-state index in [1.54, 1.807) is 38.4 Å². The van der Waals surface area contributed by atoms with E-state index in [0.717, 1.165) is 11.1 Å². The van der Waals surface area contributed by atoms with Crippen LogP contribution in [0.5, 0.6) is 5.75 Å². The van der Waals surface area contributed by atoms with E-state index in [1.165, 1.54) is 18.2 Å². The molecule has 3 rings (SSSR count). The van der Waals surface area contributed by atoms with Crippen LogP contribution in [-0.2, 0) is 30.7 Å². The Kier molecular flexibility index (Phi) is 11.3. The van der Waals surface area contributed by atoms with Crippen LogP contribution >= 0.6 is 11.6 Å². The molecule has 1 N–H and O–H groups in total. The predicted molar refractivity (Wildman–Crippen MR) is 146 cm³/mol. The monoisotopic (exact) mass is 574 g/mol. The number of hydrogen-bond acceptors (Lipinski definition) is 8. The van der Waals surface area contributed by atoms with Gasteiger partial charge in [0.25, 0.3) is 0 Å². The number of carbonyl (C=O) groups is 2. The number of rotatable bonds is 14. The zero-order valence-electron chi connectivity index (χ0n) is 21.8. The van der Waals surface area contributed by atoms with Crippen LogP contribution in [-0.4, -0.2) is 51.7 Å². The lowest BCUT2D eigenvalue weighted by Crippen LogP contribution is -2.28. The van der Waals surface area contributed by atoms with Gasteiger partial charge >= 0.3 is 11.9 Å². The molecule has 39 heavy (non-hydrogen) atoms. The maximum atomic E-state index is 13.1. The molecule has 0 radical (unpaired) electrons. The van der Waals surface area contributed by atoms with Crippen LogP contribution in [0.15, 0.2) is 71.9 Å². The van der Waals surface area contributed by atoms with Gasteiger partial charge in [-0.1, -0.05) is 29.8 Å². The fraction of sp³-hybridized carbons (Fsp3) is 0.321. The van der Waals surface area contributed by atoms with Gasteiger partial charge in [-0.05, 0) is 80.1 Å². The van der Waals surface area contributed by atoms with Gasteiger partial charge in [-0.2, -0.15) is 0 Å². The molecule has 9 nitrogen and oxygen atoms in total. The molecule has 0 fully saturated rings. The normalized spacial score (nSPS) is 12.0. The van der Waals surface area contributed by atoms with E-state index in [-0.39, 0.29) is 41.2 Å². The van der Waals surface area contributed by atoms with Crippen LogP contribution < -0.4 is 9.46 Å². The molecule has 208 valence electrons. The number of nitrogens with zero attached hydrogens (tertiary/aromatic N) is 1. The second kappa shape index (κ2) is 14.6. The maximum absolute atomic E-state index is 13.1. The first kappa shape index (κ1) is 30.1. The van der Waals surface area contributed by atoms with Crippen LogP contribution in [0.25, 0.3) is 0 Å². The number of esters is 2. The van der Waals surface area contributed by atoms with Gasteiger partial charge in [0.15, 0.2) is 6.61 Å². The number of ether oxygens (including phenoxy) is 3. The highest BCUT2D eigenvalue weighted by atomic mass is 35.5. The summed E-state index contributed by atoms with van der Waals surface area (Å²) in [4.78, 5) is 27.9. The molecule has 0 saturated heterocycles. The molecular formula is C28H31ClN2O7S. The lowest BCUT2D eigenvalue weighted by Gasteiger charge is -2.18. The molecule has 0 aliphatic rings. The standard InChI is InChI=1S/C28H31ClN2O7S/c1-3-36-27(32)19-38-24-10-7-20(8-11-24)16-21(22-6-5-14-30-18-22)13-15-31-39(34,35)26-12-9-23(29)17-25(26)28(33)37-4-2/h5-12,14,17-18,21,31H,3-4,13,15-16,19H2,1-2H3. The second-order valence-electron chi connectivity index (χ2n) is 8.47. The number of halogens is 1. The smallest absolute Gasteiger partial charge is 0.344 e. The molecule has 3 aromatic rings. The van der Waals surface area contributed by atoms with Gasteiger partial charge in [0.1, 0.15) is 5.75 Å². The Bertz CT molecular complexity index is 1350. The molecule has 1 aromatic heterocycles. The van der Waals surface area contributed by atoms with Crippen LogP contribution in [0, 0.1) is 0 Å². The zero-order valence-corrected chi connectivity index (χ0v) is 23.3. The number of aromatic nitrogens is 1. The van der Waals surface area contributed by atoms with Crippen molar-refractivity contribution in [1.82, 2.24) is 9.71 Å². The van der Waals surface area contributed by atoms with Gasteiger partial charge in [-0.15, -0.1) is 0 Å². The number of carbonyl (C=O) groups excluding carboxylic acids is 2. The van der Waals surface area contributed by atoms with Gasteiger partial charge < -0.3 is 14.2 Å². The third kappa shape index (κ3) is 9.05. The SMILES string of the molecule is CCOC(=O)COc1ccc(CC(CCNS(=O)(=O)c2ccc(Cl)cc2C(=O)OCC)c2cccnc2)cc1. The van der Waals surface area contributed by atoms with Crippen molar-refractivity contribution in [2.75, 3.05) is 26.4 Å². The van der Waals surface area contributed by atoms with Gasteiger partial charge in [0.05, 0.1) is 23.7 Å². The molecule has 0 amide bonds. The van der Waals surface area contributed by atoms with E-state index in [9.17, 15) is 18.0 Å². The molecule has 11 heteroatoms. The topological polar surface area (TPSA) is 121 Å². The molecule has 0 aliphatic carbocycles. The van der Waals surface area contributed by atoms with Crippen LogP contribution in [0.1, 0.15) is 47.7 Å². The average molecular weight is 575 g/mol. The van der Waals surface area contributed by atoms with E-state index >= 15 is 0 Å². The van der Waals surface area contributed by atoms with Gasteiger partial charge in [0, 0.05) is 24.0 Å². The van der Waals surface area contributed by atoms with Gasteiger partial charge in [-0.3, -0.25) is 4.98 Å². The molecule has 1 heterocycles. The van der Waals surface area contributed by atoms with E-state index in [0.29, 0.717) is 25.2 Å². The van der Waals surface area contributed by atoms with Crippen molar-refractivity contribution in [2.24, 2.45) is 0 Å². The molecule has 0 saturated carbocycles. The zero-order chi connectivity index (χ0) is 28.3. The minimum atomic E-state index is -4.02. The molecule has 1 atom stereocenters. The van der Waals surface area contributed by atoms with Crippen molar-refractivity contribution in [2.45, 2.75) is 37.5 Å². The lowest BCUT2D eigenvalue weighted by atomic mass is 9.90. The summed E-state index contributed by atoms with van der Waals surface area (Å²) in [7, 11) is -4.02. The van der Waals surface area contributed by atoms with Crippen LogP contribution in [0.4, 0.5) is 0 Å². The summed E-state index contributed by atoms with van der Waals surface area (Å²) in [5.74, 6) is -0.711. The maximum Gasteiger partial charge on any atom is 0.344 e. The predicted octanol–water partition coefficient (Wildman–Crippen LogP) is 4.55. The number of pyridine rings is 1. The Morgan fingerprint density at radius 3 is 2.44 bits per heavy atom. The molecule has 0 aliphatic heterocycles. The summed E-state index contributed by atoms with van der Waals surface area (Å²) < 4.78 is 44.2. The number of benzene rings is 2. The molecular weight excluding hydrogens is 544 g/mol. The lowest BCUT2D eigenvalue weighted by molar-refractivity contribution is -0.145. The Morgan fingerprint density at radius 2 is 1.77 bits per heavy atom. The molecule has 1 unspecified atom stereocenters. The van der Waals surface area contributed by atoms with Gasteiger partial charge in [0.2, 0.25) is 10.0 Å². The quantitative estimate of drug-likeness (QED) is 0.278. The second-order valence-corrected chi connectivity index (χ2v) is 10.6. The van der Waals surface area contributed by atoms with E-state index in [1.807, 2.05) is 24.3 Å². The molecule has 0 spiro atoms. The third-order valence-corrected chi connectivity index (χ3v) is 7.49. The van der Waals surface area contributed by atoms with Crippen molar-refractivity contribution in [3.8, 4) is 5.75 Å². The Balaban J connectivity index is 1.70. The van der Waals surface area contributed by atoms with Crippen LogP contribution in [0.3, 0.4) is 0 Å². The molecule has 0 bridgehead atoms.